The monoisotopic (exact) mass is 363 g/mol. The summed E-state index contributed by atoms with van der Waals surface area (Å²) in [5.74, 6) is 2.61. The molecule has 0 saturated carbocycles. The highest BCUT2D eigenvalue weighted by atomic mass is 35.5. The predicted molar refractivity (Wildman–Crippen MR) is 105 cm³/mol. The molecule has 2 aromatic heterocycles. The lowest BCUT2D eigenvalue weighted by molar-refractivity contribution is 0.324. The minimum absolute atomic E-state index is 0.556. The van der Waals surface area contributed by atoms with Crippen LogP contribution in [-0.4, -0.2) is 11.6 Å². The predicted octanol–water partition coefficient (Wildman–Crippen LogP) is 6.08. The first kappa shape index (κ1) is 16.7. The number of benzene rings is 2. The maximum atomic E-state index is 6.21. The number of aromatic nitrogens is 1. The number of rotatable bonds is 5. The van der Waals surface area contributed by atoms with E-state index in [-0.39, 0.29) is 0 Å². The topological polar surface area (TPSA) is 35.3 Å². The molecule has 2 heterocycles. The molecule has 0 atom stereocenters. The average Bonchev–Trinajstić information content (AvgIpc) is 3.04. The third kappa shape index (κ3) is 3.31. The number of fused-ring (bicyclic) bond motifs is 1. The zero-order valence-electron chi connectivity index (χ0n) is 14.4. The molecule has 130 valence electrons. The number of ether oxygens (including phenoxy) is 1. The van der Waals surface area contributed by atoms with Crippen molar-refractivity contribution in [2.24, 2.45) is 0 Å². The van der Waals surface area contributed by atoms with Crippen LogP contribution in [0.1, 0.15) is 11.3 Å². The molecule has 0 fully saturated rings. The molecule has 0 aliphatic rings. The van der Waals surface area contributed by atoms with Crippen LogP contribution in [-0.2, 0) is 6.42 Å². The Balaban J connectivity index is 1.49. The van der Waals surface area contributed by atoms with Crippen molar-refractivity contribution in [3.05, 3.63) is 83.2 Å². The number of pyridine rings is 1. The lowest BCUT2D eigenvalue weighted by Crippen LogP contribution is -2.02. The lowest BCUT2D eigenvalue weighted by atomic mass is 10.1. The molecule has 0 unspecified atom stereocenters. The van der Waals surface area contributed by atoms with E-state index >= 15 is 0 Å². The van der Waals surface area contributed by atoms with Crippen molar-refractivity contribution in [2.45, 2.75) is 13.3 Å². The number of hydrogen-bond donors (Lipinski definition) is 0. The molecule has 0 bridgehead atoms. The van der Waals surface area contributed by atoms with Crippen LogP contribution in [0, 0.1) is 6.92 Å². The molecule has 0 saturated heterocycles. The molecule has 0 aliphatic carbocycles. The Bertz CT molecular complexity index is 1040. The number of hydrogen-bond acceptors (Lipinski definition) is 3. The van der Waals surface area contributed by atoms with Crippen LogP contribution in [0.15, 0.2) is 71.3 Å². The third-order valence-electron chi connectivity index (χ3n) is 4.39. The minimum Gasteiger partial charge on any atom is -0.492 e. The van der Waals surface area contributed by atoms with Crippen molar-refractivity contribution in [3.8, 4) is 17.1 Å². The summed E-state index contributed by atoms with van der Waals surface area (Å²) in [5, 5.41) is 1.56. The fourth-order valence-corrected chi connectivity index (χ4v) is 3.25. The Morgan fingerprint density at radius 2 is 1.88 bits per heavy atom. The van der Waals surface area contributed by atoms with Crippen LogP contribution in [0.2, 0.25) is 5.02 Å². The molecule has 4 rings (SSSR count). The van der Waals surface area contributed by atoms with E-state index < -0.39 is 0 Å². The Labute approximate surface area is 157 Å². The van der Waals surface area contributed by atoms with Gasteiger partial charge in [0, 0.05) is 23.6 Å². The lowest BCUT2D eigenvalue weighted by Gasteiger charge is -2.09. The van der Waals surface area contributed by atoms with Gasteiger partial charge in [-0.05, 0) is 36.8 Å². The molecule has 0 spiro atoms. The zero-order chi connectivity index (χ0) is 17.9. The van der Waals surface area contributed by atoms with Gasteiger partial charge < -0.3 is 9.15 Å². The minimum atomic E-state index is 0.556. The molecule has 0 aliphatic heterocycles. The van der Waals surface area contributed by atoms with Gasteiger partial charge in [-0.2, -0.15) is 0 Å². The van der Waals surface area contributed by atoms with Gasteiger partial charge in [0.05, 0.1) is 17.1 Å². The molecule has 4 aromatic rings. The fraction of sp³-hybridized carbons (Fsp3) is 0.136. The normalized spacial score (nSPS) is 11.0. The van der Waals surface area contributed by atoms with E-state index in [1.54, 1.807) is 6.20 Å². The van der Waals surface area contributed by atoms with Gasteiger partial charge in [-0.25, -0.2) is 0 Å². The zero-order valence-corrected chi connectivity index (χ0v) is 15.2. The molecular weight excluding hydrogens is 346 g/mol. The number of nitrogens with zero attached hydrogens (tertiary/aromatic N) is 1. The molecule has 4 heteroatoms. The highest BCUT2D eigenvalue weighted by molar-refractivity contribution is 6.35. The van der Waals surface area contributed by atoms with Gasteiger partial charge in [0.1, 0.15) is 17.3 Å². The van der Waals surface area contributed by atoms with E-state index in [1.165, 1.54) is 0 Å². The Morgan fingerprint density at radius 3 is 2.73 bits per heavy atom. The summed E-state index contributed by atoms with van der Waals surface area (Å²) in [7, 11) is 0. The van der Waals surface area contributed by atoms with Crippen LogP contribution < -0.4 is 4.74 Å². The molecule has 0 radical (unpaired) electrons. The second-order valence-electron chi connectivity index (χ2n) is 6.10. The van der Waals surface area contributed by atoms with Gasteiger partial charge in [-0.1, -0.05) is 48.0 Å². The summed E-state index contributed by atoms with van der Waals surface area (Å²) < 4.78 is 11.9. The van der Waals surface area contributed by atoms with Gasteiger partial charge in [-0.3, -0.25) is 4.98 Å². The van der Waals surface area contributed by atoms with Crippen LogP contribution in [0.5, 0.6) is 5.75 Å². The molecule has 26 heavy (non-hydrogen) atoms. The van der Waals surface area contributed by atoms with Crippen LogP contribution in [0.25, 0.3) is 22.2 Å². The van der Waals surface area contributed by atoms with E-state index in [9.17, 15) is 0 Å². The maximum absolute atomic E-state index is 6.21. The molecular formula is C22H18ClNO2. The van der Waals surface area contributed by atoms with Crippen molar-refractivity contribution >= 4 is 22.5 Å². The summed E-state index contributed by atoms with van der Waals surface area (Å²) in [6.07, 6.45) is 2.49. The van der Waals surface area contributed by atoms with Crippen molar-refractivity contribution in [1.29, 1.82) is 0 Å². The van der Waals surface area contributed by atoms with E-state index in [4.69, 9.17) is 20.8 Å². The second kappa shape index (κ2) is 7.22. The number of aryl methyl sites for hydroxylation is 1. The quantitative estimate of drug-likeness (QED) is 0.431. The molecule has 0 N–H and O–H groups in total. The Morgan fingerprint density at radius 1 is 1.04 bits per heavy atom. The first-order chi connectivity index (χ1) is 12.7. The van der Waals surface area contributed by atoms with Gasteiger partial charge in [0.2, 0.25) is 0 Å². The van der Waals surface area contributed by atoms with Crippen LogP contribution in [0.4, 0.5) is 0 Å². The Hall–Kier alpha value is -2.78. The third-order valence-corrected chi connectivity index (χ3v) is 4.69. The first-order valence-electron chi connectivity index (χ1n) is 8.53. The maximum Gasteiger partial charge on any atom is 0.134 e. The second-order valence-corrected chi connectivity index (χ2v) is 6.51. The van der Waals surface area contributed by atoms with E-state index in [2.05, 4.69) is 11.1 Å². The number of para-hydroxylation sites is 1. The van der Waals surface area contributed by atoms with Crippen LogP contribution in [0.3, 0.4) is 0 Å². The average molecular weight is 364 g/mol. The van der Waals surface area contributed by atoms with Crippen molar-refractivity contribution in [3.63, 3.8) is 0 Å². The summed E-state index contributed by atoms with van der Waals surface area (Å²) >= 11 is 6.21. The van der Waals surface area contributed by atoms with E-state index in [0.29, 0.717) is 11.6 Å². The number of halogens is 1. The van der Waals surface area contributed by atoms with E-state index in [0.717, 1.165) is 45.7 Å². The largest absolute Gasteiger partial charge is 0.492 e. The highest BCUT2D eigenvalue weighted by Gasteiger charge is 2.10. The molecule has 0 amide bonds. The summed E-state index contributed by atoms with van der Waals surface area (Å²) in [4.78, 5) is 4.33. The van der Waals surface area contributed by atoms with Crippen molar-refractivity contribution in [1.82, 2.24) is 4.98 Å². The van der Waals surface area contributed by atoms with Crippen molar-refractivity contribution < 1.29 is 9.15 Å². The van der Waals surface area contributed by atoms with Gasteiger partial charge in [0.25, 0.3) is 0 Å². The van der Waals surface area contributed by atoms with Gasteiger partial charge in [-0.15, -0.1) is 0 Å². The first-order valence-corrected chi connectivity index (χ1v) is 8.91. The molecule has 3 nitrogen and oxygen atoms in total. The SMILES string of the molecule is Cc1oc(-c2ccccc2)cc1CCOc1ccnc2c(Cl)cccc12. The van der Waals surface area contributed by atoms with Gasteiger partial charge >= 0.3 is 0 Å². The summed E-state index contributed by atoms with van der Waals surface area (Å²) in [5.41, 5.74) is 3.00. The van der Waals surface area contributed by atoms with Gasteiger partial charge in [0.15, 0.2) is 0 Å². The van der Waals surface area contributed by atoms with Crippen LogP contribution >= 0.6 is 11.6 Å². The highest BCUT2D eigenvalue weighted by Crippen LogP contribution is 2.29. The Kier molecular flexibility index (Phi) is 4.63. The summed E-state index contributed by atoms with van der Waals surface area (Å²) in [6, 6.07) is 19.8. The fourth-order valence-electron chi connectivity index (χ4n) is 3.02. The van der Waals surface area contributed by atoms with Crippen molar-refractivity contribution in [2.75, 3.05) is 6.61 Å². The molecule has 2 aromatic carbocycles. The standard InChI is InChI=1S/C22H18ClNO2/c1-15-17(14-21(26-15)16-6-3-2-4-7-16)11-13-25-20-10-12-24-22-18(20)8-5-9-19(22)23/h2-10,12,14H,11,13H2,1H3. The number of furan rings is 1. The smallest absolute Gasteiger partial charge is 0.134 e. The summed E-state index contributed by atoms with van der Waals surface area (Å²) in [6.45, 7) is 2.55. The van der Waals surface area contributed by atoms with E-state index in [1.807, 2.05) is 61.5 Å².